The number of rotatable bonds is 4. The minimum absolute atomic E-state index is 0.0854. The van der Waals surface area contributed by atoms with Crippen LogP contribution in [0.2, 0.25) is 0 Å². The van der Waals surface area contributed by atoms with Crippen molar-refractivity contribution in [1.82, 2.24) is 15.3 Å². The Kier molecular flexibility index (Phi) is 4.91. The molecule has 2 aromatic heterocycles. The summed E-state index contributed by atoms with van der Waals surface area (Å²) in [5.74, 6) is 1.12. The number of hydrogen-bond donors (Lipinski definition) is 1. The highest BCUT2D eigenvalue weighted by Crippen LogP contribution is 2.32. The monoisotopic (exact) mass is 330 g/mol. The zero-order valence-electron chi connectivity index (χ0n) is 13.6. The third-order valence-electron chi connectivity index (χ3n) is 4.26. The van der Waals surface area contributed by atoms with Gasteiger partial charge in [0, 0.05) is 37.6 Å². The lowest BCUT2D eigenvalue weighted by molar-refractivity contribution is 0.0963. The van der Waals surface area contributed by atoms with Crippen molar-refractivity contribution < 1.29 is 4.79 Å². The second-order valence-electron chi connectivity index (χ2n) is 5.77. The summed E-state index contributed by atoms with van der Waals surface area (Å²) in [6.07, 6.45) is 4.97. The van der Waals surface area contributed by atoms with Crippen LogP contribution in [0.1, 0.15) is 46.7 Å². The Balaban J connectivity index is 1.82. The number of carbonyl (C=O) groups excluding carboxylic acids is 1. The highest BCUT2D eigenvalue weighted by molar-refractivity contribution is 7.09. The van der Waals surface area contributed by atoms with Crippen molar-refractivity contribution in [1.29, 1.82) is 0 Å². The van der Waals surface area contributed by atoms with Crippen LogP contribution in [-0.2, 0) is 6.42 Å². The Morgan fingerprint density at radius 1 is 1.52 bits per heavy atom. The maximum absolute atomic E-state index is 12.1. The van der Waals surface area contributed by atoms with Crippen molar-refractivity contribution in [2.24, 2.45) is 0 Å². The van der Waals surface area contributed by atoms with Crippen molar-refractivity contribution in [3.63, 3.8) is 0 Å². The second-order valence-corrected chi connectivity index (χ2v) is 6.66. The molecule has 23 heavy (non-hydrogen) atoms. The molecule has 6 heteroatoms. The van der Waals surface area contributed by atoms with E-state index in [1.54, 1.807) is 24.6 Å². The lowest BCUT2D eigenvalue weighted by atomic mass is 9.98. The summed E-state index contributed by atoms with van der Waals surface area (Å²) in [4.78, 5) is 23.5. The Labute approximate surface area is 140 Å². The maximum Gasteiger partial charge on any atom is 0.254 e. The highest BCUT2D eigenvalue weighted by atomic mass is 32.1. The Bertz CT molecular complexity index is 685. The van der Waals surface area contributed by atoms with Crippen molar-refractivity contribution >= 4 is 23.1 Å². The van der Waals surface area contributed by atoms with E-state index in [0.29, 0.717) is 11.5 Å². The van der Waals surface area contributed by atoms with Crippen LogP contribution in [0.25, 0.3) is 0 Å². The van der Waals surface area contributed by atoms with Crippen LogP contribution in [0.15, 0.2) is 23.7 Å². The molecule has 0 radical (unpaired) electrons. The molecule has 0 saturated carbocycles. The third-order valence-corrected chi connectivity index (χ3v) is 5.32. The molecule has 0 aliphatic carbocycles. The molecule has 0 spiro atoms. The average Bonchev–Trinajstić information content (AvgIpc) is 3.10. The van der Waals surface area contributed by atoms with E-state index in [0.717, 1.165) is 38.2 Å². The molecule has 1 amide bonds. The molecule has 1 aliphatic rings. The van der Waals surface area contributed by atoms with Crippen molar-refractivity contribution in [2.45, 2.75) is 32.1 Å². The predicted molar refractivity (Wildman–Crippen MR) is 93.3 cm³/mol. The number of aryl methyl sites for hydroxylation is 1. The van der Waals surface area contributed by atoms with Crippen LogP contribution in [0.3, 0.4) is 0 Å². The first-order valence-corrected chi connectivity index (χ1v) is 8.97. The molecule has 1 atom stereocenters. The smallest absolute Gasteiger partial charge is 0.254 e. The SMILES string of the molecule is CCc1csc([C@@H]2CCCN(c3ncccc3C(=O)NC)C2)n1. The highest BCUT2D eigenvalue weighted by Gasteiger charge is 2.26. The van der Waals surface area contributed by atoms with Gasteiger partial charge in [-0.3, -0.25) is 4.79 Å². The van der Waals surface area contributed by atoms with Crippen LogP contribution >= 0.6 is 11.3 Å². The normalized spacial score (nSPS) is 18.0. The van der Waals surface area contributed by atoms with Crippen molar-refractivity contribution in [3.05, 3.63) is 40.0 Å². The van der Waals surface area contributed by atoms with Gasteiger partial charge in [0.2, 0.25) is 0 Å². The second kappa shape index (κ2) is 7.08. The molecule has 1 aliphatic heterocycles. The molecule has 122 valence electrons. The third kappa shape index (κ3) is 3.37. The summed E-state index contributed by atoms with van der Waals surface area (Å²) in [5, 5.41) is 6.07. The molecule has 1 fully saturated rings. The first-order chi connectivity index (χ1) is 11.2. The molecule has 0 bridgehead atoms. The van der Waals surface area contributed by atoms with Crippen LogP contribution in [0.5, 0.6) is 0 Å². The van der Waals surface area contributed by atoms with Gasteiger partial charge in [-0.15, -0.1) is 11.3 Å². The quantitative estimate of drug-likeness (QED) is 0.936. The number of nitrogens with one attached hydrogen (secondary N) is 1. The lowest BCUT2D eigenvalue weighted by Crippen LogP contribution is -2.36. The summed E-state index contributed by atoms with van der Waals surface area (Å²) < 4.78 is 0. The Hall–Kier alpha value is -1.95. The van der Waals surface area contributed by atoms with Gasteiger partial charge >= 0.3 is 0 Å². The largest absolute Gasteiger partial charge is 0.355 e. The molecule has 3 heterocycles. The van der Waals surface area contributed by atoms with E-state index < -0.39 is 0 Å². The average molecular weight is 330 g/mol. The van der Waals surface area contributed by atoms with Gasteiger partial charge in [-0.05, 0) is 31.4 Å². The number of thiazole rings is 1. The number of anilines is 1. The number of pyridine rings is 1. The Morgan fingerprint density at radius 3 is 3.13 bits per heavy atom. The predicted octanol–water partition coefficient (Wildman–Crippen LogP) is 2.84. The first-order valence-electron chi connectivity index (χ1n) is 8.09. The molecule has 0 aromatic carbocycles. The van der Waals surface area contributed by atoms with E-state index >= 15 is 0 Å². The van der Waals surface area contributed by atoms with Crippen molar-refractivity contribution in [2.75, 3.05) is 25.0 Å². The molecule has 2 aromatic rings. The number of hydrogen-bond acceptors (Lipinski definition) is 5. The standard InChI is InChI=1S/C17H22N4OS/c1-3-13-11-23-17(20-13)12-6-5-9-21(10-12)15-14(16(22)18-2)7-4-8-19-15/h4,7-8,11-12H,3,5-6,9-10H2,1-2H3,(H,18,22)/t12-/m1/s1. The fraction of sp³-hybridized carbons (Fsp3) is 0.471. The van der Waals surface area contributed by atoms with Gasteiger partial charge in [0.25, 0.3) is 5.91 Å². The van der Waals surface area contributed by atoms with Gasteiger partial charge in [-0.1, -0.05) is 6.92 Å². The van der Waals surface area contributed by atoms with E-state index in [9.17, 15) is 4.79 Å². The zero-order valence-corrected chi connectivity index (χ0v) is 14.4. The number of carbonyl (C=O) groups is 1. The van der Waals surface area contributed by atoms with E-state index in [1.165, 1.54) is 10.7 Å². The van der Waals surface area contributed by atoms with Crippen LogP contribution < -0.4 is 10.2 Å². The van der Waals surface area contributed by atoms with E-state index in [4.69, 9.17) is 4.98 Å². The van der Waals surface area contributed by atoms with E-state index in [1.807, 2.05) is 12.1 Å². The van der Waals surface area contributed by atoms with Gasteiger partial charge in [-0.25, -0.2) is 9.97 Å². The zero-order chi connectivity index (χ0) is 16.2. The number of aromatic nitrogens is 2. The van der Waals surface area contributed by atoms with Gasteiger partial charge in [0.1, 0.15) is 5.82 Å². The van der Waals surface area contributed by atoms with Gasteiger partial charge < -0.3 is 10.2 Å². The van der Waals surface area contributed by atoms with Gasteiger partial charge in [0.15, 0.2) is 0 Å². The molecule has 1 saturated heterocycles. The van der Waals surface area contributed by atoms with Gasteiger partial charge in [0.05, 0.1) is 16.3 Å². The first kappa shape index (κ1) is 15.9. The van der Waals surface area contributed by atoms with E-state index in [2.05, 4.69) is 27.5 Å². The molecule has 5 nitrogen and oxygen atoms in total. The van der Waals surface area contributed by atoms with Crippen molar-refractivity contribution in [3.8, 4) is 0 Å². The summed E-state index contributed by atoms with van der Waals surface area (Å²) in [6, 6.07) is 3.65. The molecule has 0 unspecified atom stereocenters. The summed E-state index contributed by atoms with van der Waals surface area (Å²) in [6.45, 7) is 3.94. The maximum atomic E-state index is 12.1. The summed E-state index contributed by atoms with van der Waals surface area (Å²) in [7, 11) is 1.65. The van der Waals surface area contributed by atoms with Crippen LogP contribution in [0, 0.1) is 0 Å². The Morgan fingerprint density at radius 2 is 2.39 bits per heavy atom. The summed E-state index contributed by atoms with van der Waals surface area (Å²) >= 11 is 1.76. The molecule has 1 N–H and O–H groups in total. The molecular formula is C17H22N4OS. The summed E-state index contributed by atoms with van der Waals surface area (Å²) in [5.41, 5.74) is 1.81. The fourth-order valence-corrected chi connectivity index (χ4v) is 4.04. The lowest BCUT2D eigenvalue weighted by Gasteiger charge is -2.33. The van der Waals surface area contributed by atoms with E-state index in [-0.39, 0.29) is 5.91 Å². The van der Waals surface area contributed by atoms with Crippen LogP contribution in [-0.4, -0.2) is 36.0 Å². The number of nitrogens with zero attached hydrogens (tertiary/aromatic N) is 3. The minimum Gasteiger partial charge on any atom is -0.355 e. The number of amides is 1. The van der Waals surface area contributed by atoms with Gasteiger partial charge in [-0.2, -0.15) is 0 Å². The fourth-order valence-electron chi connectivity index (χ4n) is 3.00. The molecule has 3 rings (SSSR count). The topological polar surface area (TPSA) is 58.1 Å². The molecular weight excluding hydrogens is 308 g/mol. The number of piperidine rings is 1. The van der Waals surface area contributed by atoms with Crippen LogP contribution in [0.4, 0.5) is 5.82 Å². The minimum atomic E-state index is -0.0854.